The number of rotatable bonds is 6. The van der Waals surface area contributed by atoms with Crippen LogP contribution in [-0.4, -0.2) is 33.7 Å². The SMILES string of the molecule is CN=C(NCCS(=O)(=O)c1ccccc1F)NCc1ccc(C)s1. The predicted molar refractivity (Wildman–Crippen MR) is 95.7 cm³/mol. The van der Waals surface area contributed by atoms with Crippen LogP contribution in [0.2, 0.25) is 0 Å². The summed E-state index contributed by atoms with van der Waals surface area (Å²) in [6, 6.07) is 9.46. The second-order valence-corrected chi connectivity index (χ2v) is 8.56. The van der Waals surface area contributed by atoms with E-state index in [4.69, 9.17) is 0 Å². The van der Waals surface area contributed by atoms with Gasteiger partial charge in [-0.2, -0.15) is 0 Å². The Hall–Kier alpha value is -1.93. The normalized spacial score (nSPS) is 12.2. The van der Waals surface area contributed by atoms with Crippen LogP contribution in [0.15, 0.2) is 46.3 Å². The summed E-state index contributed by atoms with van der Waals surface area (Å²) in [6.07, 6.45) is 0. The lowest BCUT2D eigenvalue weighted by molar-refractivity contribution is 0.566. The fourth-order valence-electron chi connectivity index (χ4n) is 2.08. The standard InChI is InChI=1S/C16H20FN3O2S2/c1-12-7-8-13(23-12)11-20-16(18-2)19-9-10-24(21,22)15-6-4-3-5-14(15)17/h3-8H,9-11H2,1-2H3,(H2,18,19,20). The molecule has 0 aliphatic rings. The predicted octanol–water partition coefficient (Wildman–Crippen LogP) is 2.33. The van der Waals surface area contributed by atoms with Crippen LogP contribution in [0.3, 0.4) is 0 Å². The highest BCUT2D eigenvalue weighted by atomic mass is 32.2. The molecule has 1 aromatic carbocycles. The molecule has 0 aliphatic heterocycles. The summed E-state index contributed by atoms with van der Waals surface area (Å²) in [4.78, 5) is 6.16. The van der Waals surface area contributed by atoms with Gasteiger partial charge in [0.15, 0.2) is 15.8 Å². The molecule has 0 fully saturated rings. The molecular weight excluding hydrogens is 349 g/mol. The van der Waals surface area contributed by atoms with Gasteiger partial charge >= 0.3 is 0 Å². The van der Waals surface area contributed by atoms with Gasteiger partial charge in [-0.25, -0.2) is 12.8 Å². The van der Waals surface area contributed by atoms with E-state index in [0.29, 0.717) is 12.5 Å². The van der Waals surface area contributed by atoms with Crippen molar-refractivity contribution in [3.8, 4) is 0 Å². The number of aryl methyl sites for hydroxylation is 1. The second-order valence-electron chi connectivity index (χ2n) is 5.11. The Bertz CT molecular complexity index is 816. The average Bonchev–Trinajstić information content (AvgIpc) is 2.96. The Balaban J connectivity index is 1.86. The topological polar surface area (TPSA) is 70.6 Å². The van der Waals surface area contributed by atoms with E-state index in [1.165, 1.54) is 23.1 Å². The second kappa shape index (κ2) is 8.25. The fourth-order valence-corrected chi connectivity index (χ4v) is 4.15. The number of benzene rings is 1. The fraction of sp³-hybridized carbons (Fsp3) is 0.312. The first-order valence-electron chi connectivity index (χ1n) is 7.39. The van der Waals surface area contributed by atoms with Gasteiger partial charge in [-0.05, 0) is 31.2 Å². The first-order chi connectivity index (χ1) is 11.4. The van der Waals surface area contributed by atoms with Crippen molar-refractivity contribution in [3.05, 3.63) is 52.0 Å². The van der Waals surface area contributed by atoms with E-state index in [-0.39, 0.29) is 17.2 Å². The van der Waals surface area contributed by atoms with Crippen LogP contribution in [-0.2, 0) is 16.4 Å². The lowest BCUT2D eigenvalue weighted by Crippen LogP contribution is -2.39. The summed E-state index contributed by atoms with van der Waals surface area (Å²) >= 11 is 1.68. The molecule has 1 heterocycles. The third-order valence-electron chi connectivity index (χ3n) is 3.28. The molecule has 130 valence electrons. The highest BCUT2D eigenvalue weighted by Gasteiger charge is 2.18. The summed E-state index contributed by atoms with van der Waals surface area (Å²) in [7, 11) is -2.07. The maximum Gasteiger partial charge on any atom is 0.191 e. The molecule has 5 nitrogen and oxygen atoms in total. The molecule has 2 aromatic rings. The van der Waals surface area contributed by atoms with Crippen LogP contribution in [0.4, 0.5) is 4.39 Å². The zero-order chi connectivity index (χ0) is 17.6. The van der Waals surface area contributed by atoms with Gasteiger partial charge in [0.25, 0.3) is 0 Å². The van der Waals surface area contributed by atoms with Crippen molar-refractivity contribution in [3.63, 3.8) is 0 Å². The largest absolute Gasteiger partial charge is 0.355 e. The molecule has 2 rings (SSSR count). The van der Waals surface area contributed by atoms with Crippen molar-refractivity contribution in [2.75, 3.05) is 19.3 Å². The van der Waals surface area contributed by atoms with E-state index in [0.717, 1.165) is 10.9 Å². The van der Waals surface area contributed by atoms with Crippen molar-refractivity contribution in [1.82, 2.24) is 10.6 Å². The van der Waals surface area contributed by atoms with Crippen LogP contribution in [0.5, 0.6) is 0 Å². The number of hydrogen-bond donors (Lipinski definition) is 2. The van der Waals surface area contributed by atoms with Crippen LogP contribution in [0.1, 0.15) is 9.75 Å². The number of guanidine groups is 1. The molecular formula is C16H20FN3O2S2. The minimum Gasteiger partial charge on any atom is -0.355 e. The number of sulfone groups is 1. The molecule has 0 spiro atoms. The summed E-state index contributed by atoms with van der Waals surface area (Å²) < 4.78 is 37.9. The lowest BCUT2D eigenvalue weighted by Gasteiger charge is -2.11. The summed E-state index contributed by atoms with van der Waals surface area (Å²) in [5, 5.41) is 6.05. The number of thiophene rings is 1. The van der Waals surface area contributed by atoms with E-state index in [1.54, 1.807) is 18.4 Å². The van der Waals surface area contributed by atoms with Gasteiger partial charge in [0.05, 0.1) is 12.3 Å². The molecule has 0 aliphatic carbocycles. The van der Waals surface area contributed by atoms with Crippen LogP contribution >= 0.6 is 11.3 Å². The van der Waals surface area contributed by atoms with Gasteiger partial charge < -0.3 is 10.6 Å². The monoisotopic (exact) mass is 369 g/mol. The molecule has 0 unspecified atom stereocenters. The van der Waals surface area contributed by atoms with Crippen molar-refractivity contribution < 1.29 is 12.8 Å². The zero-order valence-corrected chi connectivity index (χ0v) is 15.2. The highest BCUT2D eigenvalue weighted by molar-refractivity contribution is 7.91. The minimum atomic E-state index is -3.68. The number of hydrogen-bond acceptors (Lipinski definition) is 4. The van der Waals surface area contributed by atoms with Gasteiger partial charge in [0.1, 0.15) is 10.7 Å². The minimum absolute atomic E-state index is 0.139. The highest BCUT2D eigenvalue weighted by Crippen LogP contribution is 2.15. The molecule has 2 N–H and O–H groups in total. The van der Waals surface area contributed by atoms with E-state index >= 15 is 0 Å². The zero-order valence-electron chi connectivity index (χ0n) is 13.5. The van der Waals surface area contributed by atoms with E-state index in [2.05, 4.69) is 15.6 Å². The molecule has 0 amide bonds. The third-order valence-corrected chi connectivity index (χ3v) is 6.03. The maximum absolute atomic E-state index is 13.6. The molecule has 8 heteroatoms. The number of nitrogens with one attached hydrogen (secondary N) is 2. The Morgan fingerprint density at radius 3 is 2.58 bits per heavy atom. The van der Waals surface area contributed by atoms with Crippen LogP contribution < -0.4 is 10.6 Å². The van der Waals surface area contributed by atoms with Crippen LogP contribution in [0, 0.1) is 12.7 Å². The third kappa shape index (κ3) is 5.04. The first-order valence-corrected chi connectivity index (χ1v) is 9.86. The first kappa shape index (κ1) is 18.4. The van der Waals surface area contributed by atoms with E-state index < -0.39 is 15.7 Å². The lowest BCUT2D eigenvalue weighted by atomic mass is 10.3. The Labute approximate surface area is 145 Å². The van der Waals surface area contributed by atoms with Gasteiger partial charge in [0.2, 0.25) is 0 Å². The quantitative estimate of drug-likeness (QED) is 0.606. The Kier molecular flexibility index (Phi) is 6.33. The van der Waals surface area contributed by atoms with Crippen molar-refractivity contribution in [2.24, 2.45) is 4.99 Å². The Morgan fingerprint density at radius 1 is 1.21 bits per heavy atom. The molecule has 0 saturated heterocycles. The van der Waals surface area contributed by atoms with E-state index in [9.17, 15) is 12.8 Å². The van der Waals surface area contributed by atoms with Gasteiger partial charge in [-0.3, -0.25) is 4.99 Å². The summed E-state index contributed by atoms with van der Waals surface area (Å²) in [6.45, 7) is 2.78. The molecule has 0 radical (unpaired) electrons. The Morgan fingerprint density at radius 2 is 1.96 bits per heavy atom. The van der Waals surface area contributed by atoms with Crippen molar-refractivity contribution in [2.45, 2.75) is 18.4 Å². The molecule has 0 atom stereocenters. The van der Waals surface area contributed by atoms with Crippen molar-refractivity contribution >= 4 is 27.1 Å². The smallest absolute Gasteiger partial charge is 0.191 e. The molecule has 0 bridgehead atoms. The summed E-state index contributed by atoms with van der Waals surface area (Å²) in [5.74, 6) is -0.440. The maximum atomic E-state index is 13.6. The van der Waals surface area contributed by atoms with Crippen LogP contribution in [0.25, 0.3) is 0 Å². The molecule has 1 aromatic heterocycles. The van der Waals surface area contributed by atoms with Gasteiger partial charge in [-0.15, -0.1) is 11.3 Å². The molecule has 0 saturated carbocycles. The summed E-state index contributed by atoms with van der Waals surface area (Å²) in [5.41, 5.74) is 0. The average molecular weight is 369 g/mol. The number of aliphatic imine (C=N–C) groups is 1. The van der Waals surface area contributed by atoms with Gasteiger partial charge in [0, 0.05) is 23.3 Å². The van der Waals surface area contributed by atoms with Gasteiger partial charge in [-0.1, -0.05) is 12.1 Å². The van der Waals surface area contributed by atoms with E-state index in [1.807, 2.05) is 19.1 Å². The van der Waals surface area contributed by atoms with Crippen molar-refractivity contribution in [1.29, 1.82) is 0 Å². The number of halogens is 1. The molecule has 24 heavy (non-hydrogen) atoms. The number of nitrogens with zero attached hydrogens (tertiary/aromatic N) is 1.